The molecule has 390 valence electrons. The van der Waals surface area contributed by atoms with Gasteiger partial charge in [0, 0.05) is 12.8 Å². The molecule has 0 saturated heterocycles. The zero-order valence-electron chi connectivity index (χ0n) is 39.8. The molecule has 10 atom stereocenters. The molecule has 1 fully saturated rings. The molecule has 0 spiro atoms. The van der Waals surface area contributed by atoms with Gasteiger partial charge in [0.2, 0.25) is 0 Å². The van der Waals surface area contributed by atoms with Crippen LogP contribution in [0.25, 0.3) is 0 Å². The van der Waals surface area contributed by atoms with Crippen LogP contribution >= 0.6 is 15.6 Å². The average Bonchev–Trinajstić information content (AvgIpc) is 3.27. The van der Waals surface area contributed by atoms with Crippen LogP contribution in [0.15, 0.2) is 48.6 Å². The number of hydrogen-bond acceptors (Lipinski definition) is 15. The highest BCUT2D eigenvalue weighted by molar-refractivity contribution is 7.47. The van der Waals surface area contributed by atoms with Gasteiger partial charge in [-0.2, -0.15) is 0 Å². The highest BCUT2D eigenvalue weighted by Crippen LogP contribution is 2.49. The minimum Gasteiger partial charge on any atom is -0.462 e. The first-order chi connectivity index (χ1) is 31.9. The lowest BCUT2D eigenvalue weighted by atomic mass is 9.85. The molecule has 0 amide bonds. The number of unbranched alkanes of at least 4 members (excludes halogenated alkanes) is 17. The molecule has 0 heterocycles. The second kappa shape index (κ2) is 37.7. The van der Waals surface area contributed by atoms with Gasteiger partial charge in [0.1, 0.15) is 43.2 Å². The monoisotopic (exact) mass is 999 g/mol. The maximum atomic E-state index is 13.0. The van der Waals surface area contributed by atoms with Gasteiger partial charge in [-0.25, -0.2) is 9.13 Å². The molecule has 1 aliphatic rings. The fraction of sp³-hybridized carbons (Fsp3) is 0.787. The third kappa shape index (κ3) is 32.4. The number of phosphoric ester groups is 2. The third-order valence-electron chi connectivity index (χ3n) is 11.1. The summed E-state index contributed by atoms with van der Waals surface area (Å²) in [6, 6.07) is 0. The van der Waals surface area contributed by atoms with Gasteiger partial charge in [-0.1, -0.05) is 165 Å². The van der Waals surface area contributed by atoms with Crippen molar-refractivity contribution in [1.29, 1.82) is 0 Å². The Hall–Kier alpha value is -2.12. The average molecular weight is 999 g/mol. The Balaban J connectivity index is 2.69. The van der Waals surface area contributed by atoms with Crippen molar-refractivity contribution >= 4 is 27.6 Å². The number of carbonyl (C=O) groups excluding carboxylic acids is 2. The first-order valence-corrected chi connectivity index (χ1v) is 27.4. The lowest BCUT2D eigenvalue weighted by Gasteiger charge is -2.43. The third-order valence-corrected chi connectivity index (χ3v) is 12.6. The molecule has 1 rings (SSSR count). The molecule has 1 saturated carbocycles. The van der Waals surface area contributed by atoms with E-state index in [0.29, 0.717) is 12.8 Å². The second-order valence-corrected chi connectivity index (χ2v) is 19.8. The van der Waals surface area contributed by atoms with Crippen molar-refractivity contribution in [2.24, 2.45) is 0 Å². The summed E-state index contributed by atoms with van der Waals surface area (Å²) < 4.78 is 49.2. The van der Waals surface area contributed by atoms with Crippen LogP contribution in [-0.2, 0) is 41.8 Å². The lowest BCUT2D eigenvalue weighted by molar-refractivity contribution is -0.216. The van der Waals surface area contributed by atoms with Crippen molar-refractivity contribution in [1.82, 2.24) is 0 Å². The molecule has 0 aromatic heterocycles. The SMILES string of the molecule is CCCCC/C=C\C[C@@H](O)/C=C/C=C/C=C\[C@@H](O)CCCC(=O)OC[C@H](COP(=O)(O)O[C@H]1C(O)C(O)C(O)[C@@H](OP(=O)(O)O)C1O)OC(=O)CCCCCCCCCCCCCCCCC. The van der Waals surface area contributed by atoms with Crippen molar-refractivity contribution in [3.63, 3.8) is 0 Å². The fourth-order valence-corrected chi connectivity index (χ4v) is 8.76. The predicted molar refractivity (Wildman–Crippen MR) is 253 cm³/mol. The smallest absolute Gasteiger partial charge is 0.462 e. The zero-order valence-corrected chi connectivity index (χ0v) is 41.6. The Bertz CT molecular complexity index is 1520. The number of hydrogen-bond donors (Lipinski definition) is 9. The molecule has 18 nitrogen and oxygen atoms in total. The van der Waals surface area contributed by atoms with Crippen molar-refractivity contribution in [3.05, 3.63) is 48.6 Å². The van der Waals surface area contributed by atoms with E-state index in [1.54, 1.807) is 30.4 Å². The van der Waals surface area contributed by atoms with E-state index in [0.717, 1.165) is 51.4 Å². The van der Waals surface area contributed by atoms with Crippen molar-refractivity contribution in [2.45, 2.75) is 223 Å². The number of aliphatic hydroxyl groups excluding tert-OH is 6. The van der Waals surface area contributed by atoms with Gasteiger partial charge in [-0.05, 0) is 38.5 Å². The highest BCUT2D eigenvalue weighted by Gasteiger charge is 2.54. The quantitative estimate of drug-likeness (QED) is 0.00962. The number of carbonyl (C=O) groups is 2. The van der Waals surface area contributed by atoms with Crippen LogP contribution in [0, 0.1) is 0 Å². The summed E-state index contributed by atoms with van der Waals surface area (Å²) >= 11 is 0. The maximum Gasteiger partial charge on any atom is 0.472 e. The summed E-state index contributed by atoms with van der Waals surface area (Å²) in [5.41, 5.74) is 0. The molecular formula is C47H84O18P2. The fourth-order valence-electron chi connectivity index (χ4n) is 7.22. The summed E-state index contributed by atoms with van der Waals surface area (Å²) in [6.07, 6.45) is 19.7. The predicted octanol–water partition coefficient (Wildman–Crippen LogP) is 7.23. The Kier molecular flexibility index (Phi) is 35.4. The van der Waals surface area contributed by atoms with Crippen LogP contribution in [0.2, 0.25) is 0 Å². The number of aliphatic hydroxyl groups is 6. The standard InChI is InChI=1S/C47H84O18P2/c1-3-5-7-9-11-12-13-14-15-16-17-18-19-21-27-33-41(51)63-39(36-62-67(59,60)65-47-44(54)42(52)43(53)46(45(47)55)64-66(56,57)58)35-61-40(50)34-28-32-38(49)31-26-23-22-25-30-37(48)29-24-20-10-8-6-4-2/h20,22-26,30-31,37-39,42-49,52-55H,3-19,21,27-29,32-36H2,1-2H3,(H,59,60)(H2,56,57,58)/b23-22+,24-20-,30-25+,31-26-/t37-,38-,39-,42?,43?,44?,45?,46-,47+/m1/s1. The van der Waals surface area contributed by atoms with Crippen molar-refractivity contribution in [3.8, 4) is 0 Å². The molecule has 0 aliphatic heterocycles. The second-order valence-electron chi connectivity index (χ2n) is 17.2. The number of allylic oxidation sites excluding steroid dienone is 5. The van der Waals surface area contributed by atoms with Gasteiger partial charge in [0.25, 0.3) is 0 Å². The van der Waals surface area contributed by atoms with E-state index >= 15 is 0 Å². The molecule has 67 heavy (non-hydrogen) atoms. The summed E-state index contributed by atoms with van der Waals surface area (Å²) in [5, 5.41) is 61.6. The van der Waals surface area contributed by atoms with E-state index in [4.69, 9.17) is 18.5 Å². The van der Waals surface area contributed by atoms with E-state index in [1.165, 1.54) is 70.3 Å². The zero-order chi connectivity index (χ0) is 49.9. The molecule has 0 bridgehead atoms. The summed E-state index contributed by atoms with van der Waals surface area (Å²) in [7, 11) is -10.8. The maximum absolute atomic E-state index is 13.0. The minimum absolute atomic E-state index is 0.00664. The van der Waals surface area contributed by atoms with Gasteiger partial charge < -0.3 is 54.8 Å². The van der Waals surface area contributed by atoms with Gasteiger partial charge in [0.15, 0.2) is 6.10 Å². The highest BCUT2D eigenvalue weighted by atomic mass is 31.2. The van der Waals surface area contributed by atoms with E-state index in [2.05, 4.69) is 24.4 Å². The first kappa shape index (κ1) is 62.9. The van der Waals surface area contributed by atoms with Crippen LogP contribution in [0.1, 0.15) is 168 Å². The Morgan fingerprint density at radius 3 is 1.60 bits per heavy atom. The van der Waals surface area contributed by atoms with Gasteiger partial charge >= 0.3 is 27.6 Å². The number of phosphoric acid groups is 2. The van der Waals surface area contributed by atoms with E-state index in [9.17, 15) is 64.0 Å². The summed E-state index contributed by atoms with van der Waals surface area (Å²) in [4.78, 5) is 54.3. The van der Waals surface area contributed by atoms with Crippen LogP contribution in [0.5, 0.6) is 0 Å². The molecular weight excluding hydrogens is 914 g/mol. The van der Waals surface area contributed by atoms with Crippen LogP contribution in [0.4, 0.5) is 0 Å². The summed E-state index contributed by atoms with van der Waals surface area (Å²) in [6.45, 7) is 2.84. The largest absolute Gasteiger partial charge is 0.472 e. The van der Waals surface area contributed by atoms with Crippen LogP contribution in [0.3, 0.4) is 0 Å². The molecule has 0 aromatic rings. The Labute approximate surface area is 398 Å². The van der Waals surface area contributed by atoms with Crippen molar-refractivity contribution < 1.29 is 87.1 Å². The van der Waals surface area contributed by atoms with Crippen LogP contribution in [-0.4, -0.2) is 125 Å². The molecule has 9 N–H and O–H groups in total. The Morgan fingerprint density at radius 1 is 0.552 bits per heavy atom. The number of esters is 2. The first-order valence-electron chi connectivity index (χ1n) is 24.4. The normalized spacial score (nSPS) is 22.7. The van der Waals surface area contributed by atoms with E-state index in [1.807, 2.05) is 6.08 Å². The van der Waals surface area contributed by atoms with Crippen LogP contribution < -0.4 is 0 Å². The van der Waals surface area contributed by atoms with E-state index < -0.39 is 95.7 Å². The number of rotatable bonds is 40. The Morgan fingerprint density at radius 2 is 1.04 bits per heavy atom. The van der Waals surface area contributed by atoms with Crippen molar-refractivity contribution in [2.75, 3.05) is 13.2 Å². The van der Waals surface area contributed by atoms with E-state index in [-0.39, 0.29) is 25.7 Å². The minimum atomic E-state index is -5.39. The molecule has 20 heteroatoms. The molecule has 5 unspecified atom stereocenters. The van der Waals surface area contributed by atoms with Gasteiger partial charge in [0.05, 0.1) is 18.8 Å². The lowest BCUT2D eigenvalue weighted by Crippen LogP contribution is -2.64. The van der Waals surface area contributed by atoms with Gasteiger partial charge in [-0.15, -0.1) is 0 Å². The molecule has 0 radical (unpaired) electrons. The summed E-state index contributed by atoms with van der Waals surface area (Å²) in [5.74, 6) is -1.44. The van der Waals surface area contributed by atoms with Gasteiger partial charge in [-0.3, -0.25) is 23.2 Å². The molecule has 0 aromatic carbocycles. The molecule has 1 aliphatic carbocycles. The number of ether oxygens (including phenoxy) is 2. The topological polar surface area (TPSA) is 296 Å².